The third-order valence-corrected chi connectivity index (χ3v) is 6.76. The van der Waals surface area contributed by atoms with Crippen molar-refractivity contribution in [2.75, 3.05) is 0 Å². The third kappa shape index (κ3) is 4.86. The lowest BCUT2D eigenvalue weighted by molar-refractivity contribution is 0.433. The van der Waals surface area contributed by atoms with Gasteiger partial charge in [0.2, 0.25) is 0 Å². The minimum absolute atomic E-state index is 0.672. The SMILES string of the molecule is BN(Cc1nc(-c2cccc(C)n2)c(-c2ccnc3ccccc23)[nH]1)Cc1ccccc1-c1ccccc1. The first-order valence-corrected chi connectivity index (χ1v) is 12.8. The number of imidazole rings is 1. The van der Waals surface area contributed by atoms with Crippen molar-refractivity contribution >= 4 is 18.9 Å². The number of aromatic amines is 1. The van der Waals surface area contributed by atoms with Crippen LogP contribution in [0.15, 0.2) is 109 Å². The van der Waals surface area contributed by atoms with Crippen LogP contribution in [0.1, 0.15) is 17.1 Å². The molecule has 0 saturated heterocycles. The molecule has 0 aliphatic carbocycles. The molecule has 0 saturated carbocycles. The van der Waals surface area contributed by atoms with Gasteiger partial charge in [-0.3, -0.25) is 9.97 Å². The molecule has 0 radical (unpaired) electrons. The Morgan fingerprint density at radius 1 is 0.737 bits per heavy atom. The fraction of sp³-hybridized carbons (Fsp3) is 0.0938. The van der Waals surface area contributed by atoms with Gasteiger partial charge in [-0.2, -0.15) is 0 Å². The van der Waals surface area contributed by atoms with Gasteiger partial charge in [0.25, 0.3) is 0 Å². The smallest absolute Gasteiger partial charge is 0.186 e. The van der Waals surface area contributed by atoms with Crippen LogP contribution in [0.3, 0.4) is 0 Å². The predicted octanol–water partition coefficient (Wildman–Crippen LogP) is 6.21. The van der Waals surface area contributed by atoms with E-state index in [0.29, 0.717) is 6.54 Å². The standard InChI is InChI=1S/C32H28BN5/c1-22-10-9-17-29(35-22)32-31(27-18-19-34-28-16-8-7-15-26(27)28)36-30(37-32)21-38(33)20-24-13-5-6-14-25(24)23-11-3-2-4-12-23/h2-19H,20-21,33H2,1H3,(H,36,37). The molecule has 5 nitrogen and oxygen atoms in total. The molecule has 0 amide bonds. The first-order chi connectivity index (χ1) is 18.7. The van der Waals surface area contributed by atoms with Gasteiger partial charge in [-0.25, -0.2) is 4.98 Å². The van der Waals surface area contributed by atoms with E-state index in [-0.39, 0.29) is 0 Å². The van der Waals surface area contributed by atoms with Crippen molar-refractivity contribution in [3.8, 4) is 33.8 Å². The molecule has 0 bridgehead atoms. The Morgan fingerprint density at radius 3 is 2.39 bits per heavy atom. The van der Waals surface area contributed by atoms with Gasteiger partial charge in [0.05, 0.1) is 16.9 Å². The van der Waals surface area contributed by atoms with Gasteiger partial charge in [-0.05, 0) is 47.9 Å². The molecule has 3 aromatic heterocycles. The van der Waals surface area contributed by atoms with E-state index >= 15 is 0 Å². The van der Waals surface area contributed by atoms with Gasteiger partial charge >= 0.3 is 0 Å². The molecule has 1 N–H and O–H groups in total. The second kappa shape index (κ2) is 10.4. The van der Waals surface area contributed by atoms with Crippen LogP contribution in [0.25, 0.3) is 44.7 Å². The summed E-state index contributed by atoms with van der Waals surface area (Å²) in [7, 11) is 2.14. The fourth-order valence-corrected chi connectivity index (χ4v) is 5.03. The average Bonchev–Trinajstić information content (AvgIpc) is 3.37. The van der Waals surface area contributed by atoms with Crippen molar-refractivity contribution < 1.29 is 0 Å². The number of fused-ring (bicyclic) bond motifs is 1. The summed E-state index contributed by atoms with van der Waals surface area (Å²) in [5.41, 5.74) is 9.46. The molecule has 6 aromatic rings. The topological polar surface area (TPSA) is 57.7 Å². The van der Waals surface area contributed by atoms with Gasteiger partial charge in [0, 0.05) is 35.9 Å². The zero-order valence-corrected chi connectivity index (χ0v) is 21.6. The number of aryl methyl sites for hydroxylation is 1. The largest absolute Gasteiger partial charge is 0.340 e. The van der Waals surface area contributed by atoms with E-state index in [1.165, 1.54) is 16.7 Å². The fourth-order valence-electron chi connectivity index (χ4n) is 5.03. The number of benzene rings is 3. The summed E-state index contributed by atoms with van der Waals surface area (Å²) in [6.07, 6.45) is 1.86. The van der Waals surface area contributed by atoms with Crippen LogP contribution in [-0.2, 0) is 13.1 Å². The predicted molar refractivity (Wildman–Crippen MR) is 157 cm³/mol. The average molecular weight is 493 g/mol. The molecule has 0 spiro atoms. The molecule has 0 atom stereocenters. The van der Waals surface area contributed by atoms with Crippen LogP contribution in [0.5, 0.6) is 0 Å². The summed E-state index contributed by atoms with van der Waals surface area (Å²) in [6.45, 7) is 3.48. The molecule has 6 heteroatoms. The van der Waals surface area contributed by atoms with Crippen molar-refractivity contribution in [2.45, 2.75) is 20.0 Å². The summed E-state index contributed by atoms with van der Waals surface area (Å²) in [6, 6.07) is 35.5. The van der Waals surface area contributed by atoms with Gasteiger partial charge in [0.1, 0.15) is 11.5 Å². The summed E-state index contributed by atoms with van der Waals surface area (Å²) < 4.78 is 0. The lowest BCUT2D eigenvalue weighted by Gasteiger charge is -2.18. The quantitative estimate of drug-likeness (QED) is 0.269. The molecule has 38 heavy (non-hydrogen) atoms. The molecule has 184 valence electrons. The third-order valence-electron chi connectivity index (χ3n) is 6.76. The Kier molecular flexibility index (Phi) is 6.55. The van der Waals surface area contributed by atoms with E-state index in [0.717, 1.165) is 51.6 Å². The van der Waals surface area contributed by atoms with Crippen molar-refractivity contribution in [2.24, 2.45) is 0 Å². The zero-order chi connectivity index (χ0) is 25.9. The summed E-state index contributed by atoms with van der Waals surface area (Å²) in [5.74, 6) is 0.902. The number of H-pyrrole nitrogens is 1. The maximum Gasteiger partial charge on any atom is 0.186 e. The van der Waals surface area contributed by atoms with Gasteiger partial charge < -0.3 is 9.79 Å². The molecule has 0 fully saturated rings. The number of aromatic nitrogens is 4. The molecule has 6 rings (SSSR count). The Hall–Kier alpha value is -4.55. The summed E-state index contributed by atoms with van der Waals surface area (Å²) in [4.78, 5) is 20.4. The lowest BCUT2D eigenvalue weighted by Crippen LogP contribution is -2.20. The second-order valence-electron chi connectivity index (χ2n) is 9.64. The first-order valence-electron chi connectivity index (χ1n) is 12.8. The molecule has 0 aliphatic rings. The van der Waals surface area contributed by atoms with Crippen molar-refractivity contribution in [3.63, 3.8) is 0 Å². The highest BCUT2D eigenvalue weighted by molar-refractivity contribution is 6.04. The van der Waals surface area contributed by atoms with Crippen LogP contribution in [-0.4, -0.2) is 32.7 Å². The van der Waals surface area contributed by atoms with Crippen molar-refractivity contribution in [3.05, 3.63) is 126 Å². The number of hydrogen-bond donors (Lipinski definition) is 1. The summed E-state index contributed by atoms with van der Waals surface area (Å²) in [5, 5.41) is 1.09. The van der Waals surface area contributed by atoms with Crippen LogP contribution in [0.4, 0.5) is 0 Å². The minimum Gasteiger partial charge on any atom is -0.340 e. The first kappa shape index (κ1) is 23.8. The van der Waals surface area contributed by atoms with Crippen molar-refractivity contribution in [1.29, 1.82) is 0 Å². The minimum atomic E-state index is 0.672. The summed E-state index contributed by atoms with van der Waals surface area (Å²) >= 11 is 0. The lowest BCUT2D eigenvalue weighted by atomic mass is 9.99. The van der Waals surface area contributed by atoms with E-state index in [4.69, 9.17) is 9.97 Å². The Labute approximate surface area is 223 Å². The van der Waals surface area contributed by atoms with Crippen LogP contribution in [0.2, 0.25) is 0 Å². The number of hydrogen-bond acceptors (Lipinski definition) is 4. The number of nitrogens with zero attached hydrogens (tertiary/aromatic N) is 4. The van der Waals surface area contributed by atoms with Crippen LogP contribution in [0, 0.1) is 6.92 Å². The highest BCUT2D eigenvalue weighted by Gasteiger charge is 2.18. The normalized spacial score (nSPS) is 11.3. The van der Waals surface area contributed by atoms with E-state index in [2.05, 4.69) is 89.5 Å². The number of pyridine rings is 2. The van der Waals surface area contributed by atoms with E-state index in [9.17, 15) is 0 Å². The van der Waals surface area contributed by atoms with E-state index in [1.54, 1.807) is 0 Å². The van der Waals surface area contributed by atoms with E-state index in [1.807, 2.05) is 49.5 Å². The van der Waals surface area contributed by atoms with Gasteiger partial charge in [-0.15, -0.1) is 0 Å². The van der Waals surface area contributed by atoms with Gasteiger partial charge in [0.15, 0.2) is 7.98 Å². The van der Waals surface area contributed by atoms with E-state index < -0.39 is 0 Å². The molecular formula is C32H28BN5. The molecule has 0 aliphatic heterocycles. The number of para-hydroxylation sites is 1. The Balaban J connectivity index is 1.36. The zero-order valence-electron chi connectivity index (χ0n) is 21.6. The van der Waals surface area contributed by atoms with Crippen molar-refractivity contribution in [1.82, 2.24) is 24.7 Å². The molecule has 0 unspecified atom stereocenters. The highest BCUT2D eigenvalue weighted by Crippen LogP contribution is 2.34. The highest BCUT2D eigenvalue weighted by atomic mass is 15.1. The maximum absolute atomic E-state index is 5.09. The molecule has 3 heterocycles. The van der Waals surface area contributed by atoms with Crippen LogP contribution < -0.4 is 0 Å². The monoisotopic (exact) mass is 493 g/mol. The van der Waals surface area contributed by atoms with Gasteiger partial charge in [-0.1, -0.05) is 78.9 Å². The Bertz CT molecular complexity index is 1710. The number of rotatable bonds is 7. The Morgan fingerprint density at radius 2 is 1.53 bits per heavy atom. The molecular weight excluding hydrogens is 465 g/mol. The maximum atomic E-state index is 5.09. The molecule has 3 aromatic carbocycles. The number of nitrogens with one attached hydrogen (secondary N) is 1. The second-order valence-corrected chi connectivity index (χ2v) is 9.64. The van der Waals surface area contributed by atoms with Crippen LogP contribution >= 0.6 is 0 Å².